The monoisotopic (exact) mass is 317 g/mol. The van der Waals surface area contributed by atoms with Crippen LogP contribution >= 0.6 is 11.3 Å². The largest absolute Gasteiger partial charge is 0.326 e. The third kappa shape index (κ3) is 4.42. The van der Waals surface area contributed by atoms with E-state index in [4.69, 9.17) is 0 Å². The molecule has 0 aliphatic carbocycles. The number of hydrogen-bond acceptors (Lipinski definition) is 2. The Morgan fingerprint density at radius 3 is 2.41 bits per heavy atom. The van der Waals surface area contributed by atoms with Crippen LogP contribution in [-0.4, -0.2) is 19.5 Å². The highest BCUT2D eigenvalue weighted by molar-refractivity contribution is 7.07. The average Bonchev–Trinajstić information content (AvgIpc) is 2.99. The minimum atomic E-state index is 0.0864. The van der Waals surface area contributed by atoms with Crippen molar-refractivity contribution in [3.8, 4) is 0 Å². The summed E-state index contributed by atoms with van der Waals surface area (Å²) in [6.07, 6.45) is 1.86. The molecule has 0 aliphatic rings. The molecule has 22 heavy (non-hydrogen) atoms. The molecule has 1 heterocycles. The summed E-state index contributed by atoms with van der Waals surface area (Å²) in [5, 5.41) is 7.35. The van der Waals surface area contributed by atoms with Gasteiger partial charge in [-0.1, -0.05) is 32.0 Å². The van der Waals surface area contributed by atoms with Gasteiger partial charge in [0.1, 0.15) is 6.54 Å². The van der Waals surface area contributed by atoms with Crippen LogP contribution < -0.4 is 10.2 Å². The van der Waals surface area contributed by atoms with Crippen LogP contribution in [0.25, 0.3) is 0 Å². The normalized spacial score (nSPS) is 12.1. The number of benzene rings is 1. The Labute approximate surface area is 137 Å². The lowest BCUT2D eigenvalue weighted by molar-refractivity contribution is -0.885. The number of rotatable bonds is 7. The number of para-hydroxylation sites is 1. The van der Waals surface area contributed by atoms with Crippen molar-refractivity contribution < 1.29 is 9.69 Å². The van der Waals surface area contributed by atoms with Gasteiger partial charge < -0.3 is 10.2 Å². The molecule has 3 nitrogen and oxygen atoms in total. The van der Waals surface area contributed by atoms with Crippen LogP contribution in [0.15, 0.2) is 35.0 Å². The minimum absolute atomic E-state index is 0.0864. The van der Waals surface area contributed by atoms with E-state index in [1.54, 1.807) is 11.3 Å². The van der Waals surface area contributed by atoms with Crippen LogP contribution in [0.5, 0.6) is 0 Å². The molecule has 0 saturated heterocycles. The predicted molar refractivity (Wildman–Crippen MR) is 93.6 cm³/mol. The lowest BCUT2D eigenvalue weighted by Crippen LogP contribution is -3.08. The smallest absolute Gasteiger partial charge is 0.279 e. The lowest BCUT2D eigenvalue weighted by Gasteiger charge is -2.16. The second-order valence-corrected chi connectivity index (χ2v) is 6.43. The van der Waals surface area contributed by atoms with Crippen molar-refractivity contribution in [3.05, 3.63) is 51.7 Å². The van der Waals surface area contributed by atoms with E-state index in [0.717, 1.165) is 25.1 Å². The van der Waals surface area contributed by atoms with Gasteiger partial charge in [-0.3, -0.25) is 4.79 Å². The molecule has 118 valence electrons. The number of likely N-dealkylation sites (N-methyl/N-ethyl adjacent to an activating group) is 1. The first-order chi connectivity index (χ1) is 10.6. The summed E-state index contributed by atoms with van der Waals surface area (Å²) in [6.45, 7) is 5.61. The first-order valence-corrected chi connectivity index (χ1v) is 8.81. The summed E-state index contributed by atoms with van der Waals surface area (Å²) in [5.74, 6) is 0.0864. The van der Waals surface area contributed by atoms with Crippen molar-refractivity contribution >= 4 is 22.9 Å². The number of carbonyl (C=O) groups is 1. The second-order valence-electron chi connectivity index (χ2n) is 5.65. The van der Waals surface area contributed by atoms with Crippen LogP contribution in [0.2, 0.25) is 0 Å². The first kappa shape index (κ1) is 16.7. The van der Waals surface area contributed by atoms with E-state index in [2.05, 4.69) is 61.2 Å². The van der Waals surface area contributed by atoms with Crippen molar-refractivity contribution in [1.29, 1.82) is 0 Å². The Bertz CT molecular complexity index is 585. The SMILES string of the molecule is CCc1cccc(CC)c1NC(=O)C[NH+](C)Cc1ccsc1. The van der Waals surface area contributed by atoms with Gasteiger partial charge >= 0.3 is 0 Å². The number of anilines is 1. The fourth-order valence-corrected chi connectivity index (χ4v) is 3.33. The molecule has 1 aromatic heterocycles. The number of carbonyl (C=O) groups excluding carboxylic acids is 1. The van der Waals surface area contributed by atoms with Crippen LogP contribution in [-0.2, 0) is 24.2 Å². The zero-order valence-corrected chi connectivity index (χ0v) is 14.4. The molecule has 0 aliphatic heterocycles. The molecule has 0 spiro atoms. The van der Waals surface area contributed by atoms with Gasteiger partial charge in [0, 0.05) is 11.3 Å². The van der Waals surface area contributed by atoms with Gasteiger partial charge in [-0.2, -0.15) is 11.3 Å². The van der Waals surface area contributed by atoms with E-state index in [1.165, 1.54) is 21.6 Å². The van der Waals surface area contributed by atoms with Crippen LogP contribution in [0.4, 0.5) is 5.69 Å². The van der Waals surface area contributed by atoms with E-state index in [0.29, 0.717) is 6.54 Å². The quantitative estimate of drug-likeness (QED) is 0.808. The highest BCUT2D eigenvalue weighted by atomic mass is 32.1. The molecule has 1 unspecified atom stereocenters. The summed E-state index contributed by atoms with van der Waals surface area (Å²) in [4.78, 5) is 13.6. The van der Waals surface area contributed by atoms with Crippen LogP contribution in [0, 0.1) is 0 Å². The molecule has 0 fully saturated rings. The third-order valence-electron chi connectivity index (χ3n) is 3.81. The number of hydrogen-bond donors (Lipinski definition) is 2. The van der Waals surface area contributed by atoms with E-state index in [-0.39, 0.29) is 5.91 Å². The summed E-state index contributed by atoms with van der Waals surface area (Å²) >= 11 is 1.70. The standard InChI is InChI=1S/C18H24N2OS/c1-4-15-7-6-8-16(5-2)18(15)19-17(21)12-20(3)11-14-9-10-22-13-14/h6-10,13H,4-5,11-12H2,1-3H3,(H,19,21)/p+1. The van der Waals surface area contributed by atoms with E-state index in [9.17, 15) is 4.79 Å². The van der Waals surface area contributed by atoms with E-state index < -0.39 is 0 Å². The van der Waals surface area contributed by atoms with E-state index >= 15 is 0 Å². The van der Waals surface area contributed by atoms with Gasteiger partial charge in [0.05, 0.1) is 7.05 Å². The average molecular weight is 317 g/mol. The molecular weight excluding hydrogens is 292 g/mol. The van der Waals surface area contributed by atoms with Crippen LogP contribution in [0.3, 0.4) is 0 Å². The zero-order valence-electron chi connectivity index (χ0n) is 13.6. The Hall–Kier alpha value is -1.65. The van der Waals surface area contributed by atoms with Crippen molar-refractivity contribution in [2.45, 2.75) is 33.2 Å². The second kappa shape index (κ2) is 8.11. The van der Waals surface area contributed by atoms with Gasteiger partial charge in [-0.05, 0) is 40.8 Å². The van der Waals surface area contributed by atoms with Crippen molar-refractivity contribution in [2.75, 3.05) is 18.9 Å². The van der Waals surface area contributed by atoms with Crippen molar-refractivity contribution in [3.63, 3.8) is 0 Å². The molecule has 1 atom stereocenters. The van der Waals surface area contributed by atoms with Gasteiger partial charge in [-0.25, -0.2) is 0 Å². The number of nitrogens with one attached hydrogen (secondary N) is 2. The summed E-state index contributed by atoms with van der Waals surface area (Å²) in [7, 11) is 2.06. The molecule has 1 aromatic carbocycles. The van der Waals surface area contributed by atoms with Gasteiger partial charge in [-0.15, -0.1) is 0 Å². The van der Waals surface area contributed by atoms with Crippen LogP contribution in [0.1, 0.15) is 30.5 Å². The molecule has 1 amide bonds. The highest BCUT2D eigenvalue weighted by Crippen LogP contribution is 2.22. The zero-order chi connectivity index (χ0) is 15.9. The van der Waals surface area contributed by atoms with Gasteiger partial charge in [0.15, 0.2) is 6.54 Å². The Balaban J connectivity index is 1.99. The van der Waals surface area contributed by atoms with Gasteiger partial charge in [0.25, 0.3) is 5.91 Å². The lowest BCUT2D eigenvalue weighted by atomic mass is 10.0. The highest BCUT2D eigenvalue weighted by Gasteiger charge is 2.14. The van der Waals surface area contributed by atoms with Gasteiger partial charge in [0.2, 0.25) is 0 Å². The summed E-state index contributed by atoms with van der Waals surface area (Å²) in [5.41, 5.74) is 4.73. The molecule has 2 N–H and O–H groups in total. The molecule has 2 aromatic rings. The topological polar surface area (TPSA) is 33.5 Å². The molecule has 0 bridgehead atoms. The first-order valence-electron chi connectivity index (χ1n) is 7.87. The summed E-state index contributed by atoms with van der Waals surface area (Å²) in [6, 6.07) is 8.38. The molecule has 0 radical (unpaired) electrons. The Kier molecular flexibility index (Phi) is 6.16. The molecule has 2 rings (SSSR count). The van der Waals surface area contributed by atoms with E-state index in [1.807, 2.05) is 0 Å². The summed E-state index contributed by atoms with van der Waals surface area (Å²) < 4.78 is 0. The van der Waals surface area contributed by atoms with Crippen molar-refractivity contribution in [2.24, 2.45) is 0 Å². The Morgan fingerprint density at radius 2 is 1.86 bits per heavy atom. The molecule has 0 saturated carbocycles. The number of thiophene rings is 1. The fraction of sp³-hybridized carbons (Fsp3) is 0.389. The minimum Gasteiger partial charge on any atom is -0.326 e. The number of amides is 1. The van der Waals surface area contributed by atoms with Crippen molar-refractivity contribution in [1.82, 2.24) is 0 Å². The fourth-order valence-electron chi connectivity index (χ4n) is 2.67. The predicted octanol–water partition coefficient (Wildman–Crippen LogP) is 2.53. The number of quaternary nitrogens is 1. The molecule has 4 heteroatoms. The third-order valence-corrected chi connectivity index (χ3v) is 4.54. The Morgan fingerprint density at radius 1 is 1.18 bits per heavy atom. The molecular formula is C18H25N2OS+. The maximum absolute atomic E-state index is 12.4. The maximum atomic E-state index is 12.4. The number of aryl methyl sites for hydroxylation is 2. The maximum Gasteiger partial charge on any atom is 0.279 e.